The highest BCUT2D eigenvalue weighted by Crippen LogP contribution is 2.64. The van der Waals surface area contributed by atoms with E-state index < -0.39 is 0 Å². The number of anilines is 1. The average molecular weight is 517 g/mol. The Morgan fingerprint density at radius 2 is 1.10 bits per heavy atom. The van der Waals surface area contributed by atoms with Crippen molar-refractivity contribution in [2.75, 3.05) is 4.90 Å². The second kappa shape index (κ2) is 7.16. The monoisotopic (exact) mass is 517 g/mol. The fraction of sp³-hybridized carbons (Fsp3) is 0.185. The van der Waals surface area contributed by atoms with E-state index in [0.717, 1.165) is 15.7 Å². The molecule has 0 radical (unpaired) electrons. The predicted molar refractivity (Wildman–Crippen MR) is 130 cm³/mol. The molecule has 31 heavy (non-hydrogen) atoms. The molecule has 2 bridgehead atoms. The Hall–Kier alpha value is -2.73. The molecule has 0 N–H and O–H groups in total. The van der Waals surface area contributed by atoms with Gasteiger partial charge in [0.1, 0.15) is 0 Å². The van der Waals surface area contributed by atoms with Gasteiger partial charge < -0.3 is 0 Å². The molecule has 1 aliphatic heterocycles. The molecule has 0 aromatic heterocycles. The summed E-state index contributed by atoms with van der Waals surface area (Å²) in [7, 11) is 0. The van der Waals surface area contributed by atoms with Crippen LogP contribution >= 0.6 is 22.6 Å². The molecule has 152 valence electrons. The summed E-state index contributed by atoms with van der Waals surface area (Å²) in [4.78, 5) is 28.7. The van der Waals surface area contributed by atoms with E-state index in [-0.39, 0.29) is 35.5 Å². The van der Waals surface area contributed by atoms with Gasteiger partial charge >= 0.3 is 0 Å². The summed E-state index contributed by atoms with van der Waals surface area (Å²) in [5.74, 6) is -0.447. The van der Waals surface area contributed by atoms with Crippen LogP contribution in [0.1, 0.15) is 17.5 Å². The molecular formula is C27H20INO2. The van der Waals surface area contributed by atoms with Gasteiger partial charge in [0, 0.05) is 3.57 Å². The summed E-state index contributed by atoms with van der Waals surface area (Å²) < 4.78 is 0.925. The maximum absolute atomic E-state index is 13.6. The number of benzene rings is 3. The van der Waals surface area contributed by atoms with Crippen molar-refractivity contribution in [1.29, 1.82) is 0 Å². The van der Waals surface area contributed by atoms with Crippen LogP contribution in [0.5, 0.6) is 0 Å². The zero-order chi connectivity index (χ0) is 21.1. The van der Waals surface area contributed by atoms with Gasteiger partial charge in [-0.2, -0.15) is 0 Å². The highest BCUT2D eigenvalue weighted by Gasteiger charge is 2.64. The highest BCUT2D eigenvalue weighted by atomic mass is 127. The van der Waals surface area contributed by atoms with Crippen LogP contribution in [0.4, 0.5) is 5.69 Å². The zero-order valence-electron chi connectivity index (χ0n) is 16.7. The number of fused-ring (bicyclic) bond motifs is 5. The standard InChI is InChI=1S/C27H20INO2/c28-20-13-7-8-14-21(20)29-26(30)24-18-15-19(25(24)27(29)31)23(17-11-5-2-6-12-17)22(18)16-9-3-1-4-10-16/h1-14,18-19,24-25H,15H2. The first-order valence-corrected chi connectivity index (χ1v) is 11.7. The van der Waals surface area contributed by atoms with E-state index >= 15 is 0 Å². The van der Waals surface area contributed by atoms with Crippen LogP contribution in [-0.2, 0) is 9.59 Å². The topological polar surface area (TPSA) is 37.4 Å². The van der Waals surface area contributed by atoms with Crippen molar-refractivity contribution in [3.05, 3.63) is 99.6 Å². The molecule has 1 saturated carbocycles. The molecule has 4 heteroatoms. The Morgan fingerprint density at radius 1 is 0.645 bits per heavy atom. The van der Waals surface area contributed by atoms with Gasteiger partial charge in [-0.3, -0.25) is 9.59 Å². The largest absolute Gasteiger partial charge is 0.274 e. The van der Waals surface area contributed by atoms with E-state index in [1.165, 1.54) is 27.2 Å². The molecule has 4 atom stereocenters. The lowest BCUT2D eigenvalue weighted by molar-refractivity contribution is -0.123. The van der Waals surface area contributed by atoms with Crippen LogP contribution in [0.25, 0.3) is 11.1 Å². The van der Waals surface area contributed by atoms with Crippen molar-refractivity contribution in [1.82, 2.24) is 0 Å². The molecule has 3 aromatic rings. The van der Waals surface area contributed by atoms with Crippen molar-refractivity contribution in [3.63, 3.8) is 0 Å². The number of allylic oxidation sites excluding steroid dienone is 2. The minimum atomic E-state index is -0.267. The van der Waals surface area contributed by atoms with E-state index in [2.05, 4.69) is 71.1 Å². The van der Waals surface area contributed by atoms with E-state index in [4.69, 9.17) is 0 Å². The molecule has 2 fully saturated rings. The Kier molecular flexibility index (Phi) is 4.39. The molecule has 2 amide bonds. The Morgan fingerprint density at radius 3 is 1.58 bits per heavy atom. The summed E-state index contributed by atoms with van der Waals surface area (Å²) in [5.41, 5.74) is 5.56. The third kappa shape index (κ3) is 2.70. The van der Waals surface area contributed by atoms with Gasteiger partial charge in [0.05, 0.1) is 17.5 Å². The number of carbonyl (C=O) groups excluding carboxylic acids is 2. The fourth-order valence-electron chi connectivity index (χ4n) is 5.96. The Balaban J connectivity index is 1.51. The second-order valence-electron chi connectivity index (χ2n) is 8.52. The summed E-state index contributed by atoms with van der Waals surface area (Å²) in [5, 5.41) is 0. The number of amides is 2. The number of nitrogens with zero attached hydrogens (tertiary/aromatic N) is 1. The molecular weight excluding hydrogens is 497 g/mol. The molecule has 3 aliphatic rings. The van der Waals surface area contributed by atoms with E-state index in [0.29, 0.717) is 0 Å². The van der Waals surface area contributed by atoms with Crippen LogP contribution in [-0.4, -0.2) is 11.8 Å². The summed E-state index contributed by atoms with van der Waals surface area (Å²) in [6, 6.07) is 28.4. The number of hydrogen-bond acceptors (Lipinski definition) is 2. The van der Waals surface area contributed by atoms with Gasteiger partial charge in [0.15, 0.2) is 0 Å². The molecule has 6 rings (SSSR count). The molecule has 0 spiro atoms. The van der Waals surface area contributed by atoms with Crippen molar-refractivity contribution in [3.8, 4) is 0 Å². The van der Waals surface area contributed by atoms with E-state index in [1.807, 2.05) is 36.4 Å². The Labute approximate surface area is 194 Å². The van der Waals surface area contributed by atoms with Crippen molar-refractivity contribution in [2.24, 2.45) is 23.7 Å². The molecule has 1 saturated heterocycles. The second-order valence-corrected chi connectivity index (χ2v) is 9.69. The molecule has 1 heterocycles. The lowest BCUT2D eigenvalue weighted by atomic mass is 9.73. The number of para-hydroxylation sites is 1. The normalized spacial score (nSPS) is 26.7. The third-order valence-electron chi connectivity index (χ3n) is 7.07. The van der Waals surface area contributed by atoms with E-state index in [9.17, 15) is 9.59 Å². The van der Waals surface area contributed by atoms with Gasteiger partial charge in [0.25, 0.3) is 0 Å². The predicted octanol–water partition coefficient (Wildman–Crippen LogP) is 5.66. The Bertz CT molecular complexity index is 1160. The first kappa shape index (κ1) is 19.0. The van der Waals surface area contributed by atoms with Crippen LogP contribution in [0.3, 0.4) is 0 Å². The number of imide groups is 1. The highest BCUT2D eigenvalue weighted by molar-refractivity contribution is 14.1. The average Bonchev–Trinajstić information content (AvgIpc) is 3.45. The molecule has 4 unspecified atom stereocenters. The van der Waals surface area contributed by atoms with Gasteiger partial charge in [-0.1, -0.05) is 72.8 Å². The number of rotatable bonds is 3. The maximum Gasteiger partial charge on any atom is 0.238 e. The number of carbonyl (C=O) groups is 2. The summed E-state index contributed by atoms with van der Waals surface area (Å²) in [6.07, 6.45) is 0.876. The fourth-order valence-corrected chi connectivity index (χ4v) is 6.59. The zero-order valence-corrected chi connectivity index (χ0v) is 18.9. The molecule has 3 nitrogen and oxygen atoms in total. The van der Waals surface area contributed by atoms with Crippen LogP contribution < -0.4 is 4.90 Å². The third-order valence-corrected chi connectivity index (χ3v) is 7.98. The number of halogens is 1. The van der Waals surface area contributed by atoms with Crippen molar-refractivity contribution < 1.29 is 9.59 Å². The van der Waals surface area contributed by atoms with Gasteiger partial charge in [-0.05, 0) is 75.3 Å². The lowest BCUT2D eigenvalue weighted by Gasteiger charge is -2.27. The summed E-state index contributed by atoms with van der Waals surface area (Å²) >= 11 is 2.21. The van der Waals surface area contributed by atoms with Gasteiger partial charge in [0.2, 0.25) is 11.8 Å². The van der Waals surface area contributed by atoms with Crippen LogP contribution in [0, 0.1) is 27.2 Å². The van der Waals surface area contributed by atoms with Crippen LogP contribution in [0.2, 0.25) is 0 Å². The van der Waals surface area contributed by atoms with Gasteiger partial charge in [-0.25, -0.2) is 4.90 Å². The SMILES string of the molecule is O=C1C2C3CC(C(c4ccccc4)=C3c3ccccc3)C2C(=O)N1c1ccccc1I. The minimum absolute atomic E-state index is 0.0350. The van der Waals surface area contributed by atoms with Crippen LogP contribution in [0.15, 0.2) is 84.9 Å². The molecule has 3 aromatic carbocycles. The van der Waals surface area contributed by atoms with Crippen molar-refractivity contribution in [2.45, 2.75) is 6.42 Å². The smallest absolute Gasteiger partial charge is 0.238 e. The number of hydrogen-bond donors (Lipinski definition) is 0. The minimum Gasteiger partial charge on any atom is -0.274 e. The molecule has 2 aliphatic carbocycles. The van der Waals surface area contributed by atoms with E-state index in [1.54, 1.807) is 0 Å². The maximum atomic E-state index is 13.6. The lowest BCUT2D eigenvalue weighted by Crippen LogP contribution is -2.33. The summed E-state index contributed by atoms with van der Waals surface area (Å²) in [6.45, 7) is 0. The van der Waals surface area contributed by atoms with Crippen molar-refractivity contribution >= 4 is 51.2 Å². The quantitative estimate of drug-likeness (QED) is 0.332. The first-order chi connectivity index (χ1) is 15.2. The van der Waals surface area contributed by atoms with Gasteiger partial charge in [-0.15, -0.1) is 0 Å². The first-order valence-electron chi connectivity index (χ1n) is 10.6.